The van der Waals surface area contributed by atoms with Crippen LogP contribution in [0.15, 0.2) is 17.5 Å². The Morgan fingerprint density at radius 3 is 3.07 bits per heavy atom. The van der Waals surface area contributed by atoms with E-state index in [0.717, 1.165) is 17.2 Å². The molecule has 0 radical (unpaired) electrons. The second-order valence-corrected chi connectivity index (χ2v) is 4.98. The van der Waals surface area contributed by atoms with Crippen LogP contribution >= 0.6 is 11.3 Å². The van der Waals surface area contributed by atoms with Crippen molar-refractivity contribution >= 4 is 17.2 Å². The van der Waals surface area contributed by atoms with E-state index in [1.54, 1.807) is 0 Å². The van der Waals surface area contributed by atoms with E-state index in [2.05, 4.69) is 12.2 Å². The highest BCUT2D eigenvalue weighted by molar-refractivity contribution is 7.12. The summed E-state index contributed by atoms with van der Waals surface area (Å²) >= 11 is 1.50. The molecule has 1 unspecified atom stereocenters. The second-order valence-electron chi connectivity index (χ2n) is 4.03. The maximum absolute atomic E-state index is 11.6. The first kappa shape index (κ1) is 9.71. The van der Waals surface area contributed by atoms with Crippen molar-refractivity contribution in [1.82, 2.24) is 5.32 Å². The van der Waals surface area contributed by atoms with E-state index in [4.69, 9.17) is 0 Å². The van der Waals surface area contributed by atoms with Crippen LogP contribution in [0.1, 0.15) is 35.9 Å². The number of hydrogen-bond donors (Lipinski definition) is 1. The monoisotopic (exact) mass is 209 g/mol. The van der Waals surface area contributed by atoms with Crippen LogP contribution in [0.2, 0.25) is 0 Å². The van der Waals surface area contributed by atoms with Gasteiger partial charge < -0.3 is 5.32 Å². The lowest BCUT2D eigenvalue weighted by atomic mass is 10.1. The zero-order valence-corrected chi connectivity index (χ0v) is 9.14. The van der Waals surface area contributed by atoms with Crippen LogP contribution < -0.4 is 5.32 Å². The summed E-state index contributed by atoms with van der Waals surface area (Å²) in [6.07, 6.45) is 3.83. The first-order valence-corrected chi connectivity index (χ1v) is 5.98. The summed E-state index contributed by atoms with van der Waals surface area (Å²) in [5, 5.41) is 4.96. The van der Waals surface area contributed by atoms with Crippen LogP contribution in [-0.4, -0.2) is 11.9 Å². The summed E-state index contributed by atoms with van der Waals surface area (Å²) in [7, 11) is 0. The third-order valence-corrected chi connectivity index (χ3v) is 3.37. The molecule has 3 heteroatoms. The van der Waals surface area contributed by atoms with Crippen molar-refractivity contribution in [2.75, 3.05) is 0 Å². The Morgan fingerprint density at radius 2 is 2.50 bits per heavy atom. The third kappa shape index (κ3) is 2.58. The normalized spacial score (nSPS) is 17.8. The van der Waals surface area contributed by atoms with E-state index < -0.39 is 0 Å². The van der Waals surface area contributed by atoms with Gasteiger partial charge in [0.2, 0.25) is 0 Å². The highest BCUT2D eigenvalue weighted by atomic mass is 32.1. The van der Waals surface area contributed by atoms with Gasteiger partial charge >= 0.3 is 0 Å². The predicted octanol–water partition coefficient (Wildman–Crippen LogP) is 2.67. The highest BCUT2D eigenvalue weighted by Gasteiger charge is 2.24. The van der Waals surface area contributed by atoms with Gasteiger partial charge in [0.15, 0.2) is 0 Å². The van der Waals surface area contributed by atoms with Gasteiger partial charge in [0, 0.05) is 6.04 Å². The number of carbonyl (C=O) groups excluding carboxylic acids is 1. The lowest BCUT2D eigenvalue weighted by molar-refractivity contribution is 0.0941. The molecule has 1 aliphatic rings. The molecule has 1 saturated carbocycles. The molecule has 0 aliphatic heterocycles. The molecule has 1 N–H and O–H groups in total. The van der Waals surface area contributed by atoms with Crippen LogP contribution in [0.4, 0.5) is 0 Å². The average Bonchev–Trinajstić information content (AvgIpc) is 2.80. The largest absolute Gasteiger partial charge is 0.349 e. The highest BCUT2D eigenvalue weighted by Crippen LogP contribution is 2.33. The summed E-state index contributed by atoms with van der Waals surface area (Å²) in [5.74, 6) is 0.946. The van der Waals surface area contributed by atoms with Crippen molar-refractivity contribution in [2.24, 2.45) is 5.92 Å². The summed E-state index contributed by atoms with van der Waals surface area (Å²) in [6.45, 7) is 2.09. The second kappa shape index (κ2) is 4.13. The summed E-state index contributed by atoms with van der Waals surface area (Å²) in [6, 6.07) is 4.09. The molecule has 1 aromatic heterocycles. The van der Waals surface area contributed by atoms with Crippen LogP contribution in [0.5, 0.6) is 0 Å². The van der Waals surface area contributed by atoms with Gasteiger partial charge in [-0.3, -0.25) is 4.79 Å². The maximum atomic E-state index is 11.6. The molecule has 76 valence electrons. The van der Waals surface area contributed by atoms with E-state index in [1.165, 1.54) is 24.2 Å². The standard InChI is InChI=1S/C11H15NOS/c1-8(7-9-4-5-9)12-11(13)10-3-2-6-14-10/h2-3,6,8-9H,4-5,7H2,1H3,(H,12,13). The smallest absolute Gasteiger partial charge is 0.261 e. The minimum atomic E-state index is 0.0770. The number of hydrogen-bond acceptors (Lipinski definition) is 2. The van der Waals surface area contributed by atoms with Crippen LogP contribution in [-0.2, 0) is 0 Å². The van der Waals surface area contributed by atoms with Gasteiger partial charge in [0.25, 0.3) is 5.91 Å². The minimum absolute atomic E-state index is 0.0770. The molecule has 1 aliphatic carbocycles. The van der Waals surface area contributed by atoms with Gasteiger partial charge in [-0.2, -0.15) is 0 Å². The molecular formula is C11H15NOS. The quantitative estimate of drug-likeness (QED) is 0.811. The van der Waals surface area contributed by atoms with Gasteiger partial charge in [-0.05, 0) is 30.7 Å². The fraction of sp³-hybridized carbons (Fsp3) is 0.545. The predicted molar refractivity (Wildman–Crippen MR) is 58.6 cm³/mol. The van der Waals surface area contributed by atoms with Crippen LogP contribution in [0, 0.1) is 5.92 Å². The van der Waals surface area contributed by atoms with Crippen molar-refractivity contribution in [3.8, 4) is 0 Å². The SMILES string of the molecule is CC(CC1CC1)NC(=O)c1cccs1. The zero-order valence-electron chi connectivity index (χ0n) is 8.32. The van der Waals surface area contributed by atoms with Crippen LogP contribution in [0.3, 0.4) is 0 Å². The Kier molecular flexibility index (Phi) is 2.87. The first-order valence-electron chi connectivity index (χ1n) is 5.10. The number of thiophene rings is 1. The van der Waals surface area contributed by atoms with E-state index in [1.807, 2.05) is 17.5 Å². The first-order chi connectivity index (χ1) is 6.75. The minimum Gasteiger partial charge on any atom is -0.349 e. The van der Waals surface area contributed by atoms with Gasteiger partial charge in [-0.1, -0.05) is 18.9 Å². The molecule has 0 spiro atoms. The van der Waals surface area contributed by atoms with Gasteiger partial charge in [0.1, 0.15) is 0 Å². The Hall–Kier alpha value is -0.830. The average molecular weight is 209 g/mol. The number of rotatable bonds is 4. The number of carbonyl (C=O) groups is 1. The van der Waals surface area contributed by atoms with Gasteiger partial charge in [-0.15, -0.1) is 11.3 Å². The molecule has 2 rings (SSSR count). The molecule has 0 bridgehead atoms. The molecule has 1 amide bonds. The van der Waals surface area contributed by atoms with E-state index in [-0.39, 0.29) is 5.91 Å². The van der Waals surface area contributed by atoms with Crippen molar-refractivity contribution in [3.63, 3.8) is 0 Å². The van der Waals surface area contributed by atoms with Gasteiger partial charge in [0.05, 0.1) is 4.88 Å². The lowest BCUT2D eigenvalue weighted by Gasteiger charge is -2.12. The van der Waals surface area contributed by atoms with E-state index >= 15 is 0 Å². The molecule has 0 saturated heterocycles. The Labute approximate surface area is 88.3 Å². The van der Waals surface area contributed by atoms with Gasteiger partial charge in [-0.25, -0.2) is 0 Å². The lowest BCUT2D eigenvalue weighted by Crippen LogP contribution is -2.32. The Balaban J connectivity index is 1.81. The molecule has 1 fully saturated rings. The molecule has 0 aromatic carbocycles. The molecule has 14 heavy (non-hydrogen) atoms. The third-order valence-electron chi connectivity index (χ3n) is 2.51. The zero-order chi connectivity index (χ0) is 9.97. The number of amides is 1. The summed E-state index contributed by atoms with van der Waals surface area (Å²) in [5.41, 5.74) is 0. The molecule has 1 atom stereocenters. The molecular weight excluding hydrogens is 194 g/mol. The molecule has 1 heterocycles. The summed E-state index contributed by atoms with van der Waals surface area (Å²) in [4.78, 5) is 12.4. The fourth-order valence-corrected chi connectivity index (χ4v) is 2.24. The Bertz CT molecular complexity index is 303. The fourth-order valence-electron chi connectivity index (χ4n) is 1.62. The van der Waals surface area contributed by atoms with Crippen molar-refractivity contribution in [2.45, 2.75) is 32.2 Å². The maximum Gasteiger partial charge on any atom is 0.261 e. The molecule has 2 nitrogen and oxygen atoms in total. The van der Waals surface area contributed by atoms with Crippen molar-refractivity contribution < 1.29 is 4.79 Å². The summed E-state index contributed by atoms with van der Waals surface area (Å²) < 4.78 is 0. The van der Waals surface area contributed by atoms with Crippen molar-refractivity contribution in [1.29, 1.82) is 0 Å². The van der Waals surface area contributed by atoms with Crippen molar-refractivity contribution in [3.05, 3.63) is 22.4 Å². The molecule has 1 aromatic rings. The van der Waals surface area contributed by atoms with E-state index in [9.17, 15) is 4.79 Å². The Morgan fingerprint density at radius 1 is 1.71 bits per heavy atom. The topological polar surface area (TPSA) is 29.1 Å². The van der Waals surface area contributed by atoms with Crippen LogP contribution in [0.25, 0.3) is 0 Å². The van der Waals surface area contributed by atoms with E-state index in [0.29, 0.717) is 6.04 Å². The number of nitrogens with one attached hydrogen (secondary N) is 1.